The molecule has 0 unspecified atom stereocenters. The van der Waals surface area contributed by atoms with E-state index in [1.807, 2.05) is 18.1 Å². The van der Waals surface area contributed by atoms with Crippen LogP contribution in [-0.4, -0.2) is 41.2 Å². The third kappa shape index (κ3) is 4.51. The van der Waals surface area contributed by atoms with Crippen molar-refractivity contribution in [2.45, 2.75) is 44.1 Å². The minimum absolute atomic E-state index is 0.0198. The first-order valence-electron chi connectivity index (χ1n) is 8.51. The van der Waals surface area contributed by atoms with E-state index >= 15 is 0 Å². The van der Waals surface area contributed by atoms with E-state index < -0.39 is 5.97 Å². The van der Waals surface area contributed by atoms with Gasteiger partial charge < -0.3 is 10.0 Å². The van der Waals surface area contributed by atoms with Gasteiger partial charge in [0.15, 0.2) is 5.78 Å². The molecule has 25 heavy (non-hydrogen) atoms. The number of hydrogen-bond acceptors (Lipinski definition) is 6. The van der Waals surface area contributed by atoms with Crippen LogP contribution in [0.3, 0.4) is 0 Å². The number of carboxylic acid groups (broad SMARTS) is 1. The Morgan fingerprint density at radius 1 is 1.44 bits per heavy atom. The number of ketones is 1. The molecule has 0 bridgehead atoms. The standard InChI is InChI=1S/C18H23N3O3S/c1-3-4-5-15(22)14-10-13(11-19)16(20-17(14)25-2)21-8-6-12(7-9-21)18(23)24/h10,12H,3-9H2,1-2H3,(H,23,24). The van der Waals surface area contributed by atoms with E-state index in [9.17, 15) is 14.9 Å². The number of aromatic nitrogens is 1. The van der Waals surface area contributed by atoms with Gasteiger partial charge in [-0.15, -0.1) is 11.8 Å². The number of anilines is 1. The number of carbonyl (C=O) groups excluding carboxylic acids is 1. The molecule has 0 amide bonds. The molecule has 7 heteroatoms. The summed E-state index contributed by atoms with van der Waals surface area (Å²) < 4.78 is 0. The van der Waals surface area contributed by atoms with Crippen molar-refractivity contribution in [3.05, 3.63) is 17.2 Å². The fourth-order valence-corrected chi connectivity index (χ4v) is 3.55. The van der Waals surface area contributed by atoms with Crippen LogP contribution in [0.15, 0.2) is 11.1 Å². The maximum atomic E-state index is 12.4. The average molecular weight is 361 g/mol. The topological polar surface area (TPSA) is 94.3 Å². The Bertz CT molecular complexity index is 692. The number of nitriles is 1. The molecular formula is C18H23N3O3S. The van der Waals surface area contributed by atoms with Gasteiger partial charge in [-0.25, -0.2) is 4.98 Å². The van der Waals surface area contributed by atoms with E-state index in [4.69, 9.17) is 5.11 Å². The van der Waals surface area contributed by atoms with Crippen molar-refractivity contribution in [3.63, 3.8) is 0 Å². The van der Waals surface area contributed by atoms with E-state index in [0.717, 1.165) is 12.8 Å². The number of carbonyl (C=O) groups is 2. The molecule has 0 spiro atoms. The number of aliphatic carboxylic acids is 1. The molecule has 1 aliphatic rings. The second-order valence-electron chi connectivity index (χ2n) is 6.15. The molecule has 2 rings (SSSR count). The number of rotatable bonds is 7. The van der Waals surface area contributed by atoms with Crippen molar-refractivity contribution < 1.29 is 14.7 Å². The van der Waals surface area contributed by atoms with Gasteiger partial charge in [0, 0.05) is 19.5 Å². The molecule has 2 heterocycles. The molecule has 0 saturated carbocycles. The highest BCUT2D eigenvalue weighted by Gasteiger charge is 2.27. The number of piperidine rings is 1. The Kier molecular flexibility index (Phi) is 6.82. The van der Waals surface area contributed by atoms with E-state index in [-0.39, 0.29) is 11.7 Å². The third-order valence-electron chi connectivity index (χ3n) is 4.48. The van der Waals surface area contributed by atoms with Crippen LogP contribution in [0.5, 0.6) is 0 Å². The SMILES string of the molecule is CCCCC(=O)c1cc(C#N)c(N2CCC(C(=O)O)CC2)nc1SC. The molecule has 1 aromatic heterocycles. The lowest BCUT2D eigenvalue weighted by molar-refractivity contribution is -0.142. The summed E-state index contributed by atoms with van der Waals surface area (Å²) in [4.78, 5) is 30.1. The molecule has 0 radical (unpaired) electrons. The first kappa shape index (κ1) is 19.3. The monoisotopic (exact) mass is 361 g/mol. The lowest BCUT2D eigenvalue weighted by Crippen LogP contribution is -2.37. The van der Waals surface area contributed by atoms with Crippen LogP contribution in [0.1, 0.15) is 54.9 Å². The summed E-state index contributed by atoms with van der Waals surface area (Å²) in [5.41, 5.74) is 0.896. The molecule has 1 fully saturated rings. The number of pyridine rings is 1. The van der Waals surface area contributed by atoms with Gasteiger partial charge in [0.2, 0.25) is 0 Å². The van der Waals surface area contributed by atoms with Gasteiger partial charge in [-0.05, 0) is 31.6 Å². The first-order valence-corrected chi connectivity index (χ1v) is 9.74. The minimum atomic E-state index is -0.769. The number of carboxylic acids is 1. The Hall–Kier alpha value is -2.07. The molecule has 0 atom stereocenters. The molecule has 1 saturated heterocycles. The molecule has 1 aromatic rings. The normalized spacial score (nSPS) is 15.0. The molecule has 1 aliphatic heterocycles. The summed E-state index contributed by atoms with van der Waals surface area (Å²) in [5, 5.41) is 19.3. The zero-order valence-electron chi connectivity index (χ0n) is 14.6. The Morgan fingerprint density at radius 2 is 2.12 bits per heavy atom. The van der Waals surface area contributed by atoms with Gasteiger partial charge >= 0.3 is 5.97 Å². The van der Waals surface area contributed by atoms with Crippen LogP contribution in [-0.2, 0) is 4.79 Å². The summed E-state index contributed by atoms with van der Waals surface area (Å²) in [7, 11) is 0. The summed E-state index contributed by atoms with van der Waals surface area (Å²) in [5.74, 6) is -0.527. The van der Waals surface area contributed by atoms with Crippen LogP contribution in [0.25, 0.3) is 0 Å². The number of hydrogen-bond donors (Lipinski definition) is 1. The van der Waals surface area contributed by atoms with Crippen molar-refractivity contribution in [2.24, 2.45) is 5.92 Å². The second-order valence-corrected chi connectivity index (χ2v) is 6.95. The Labute approximate surface area is 152 Å². The second kappa shape index (κ2) is 8.86. The van der Waals surface area contributed by atoms with Gasteiger partial charge in [-0.1, -0.05) is 13.3 Å². The fraction of sp³-hybridized carbons (Fsp3) is 0.556. The zero-order valence-corrected chi connectivity index (χ0v) is 15.4. The molecule has 6 nitrogen and oxygen atoms in total. The van der Waals surface area contributed by atoms with E-state index in [1.54, 1.807) is 6.07 Å². The third-order valence-corrected chi connectivity index (χ3v) is 5.18. The summed E-state index contributed by atoms with van der Waals surface area (Å²) in [6.45, 7) is 3.14. The highest BCUT2D eigenvalue weighted by Crippen LogP contribution is 2.30. The smallest absolute Gasteiger partial charge is 0.306 e. The summed E-state index contributed by atoms with van der Waals surface area (Å²) in [6, 6.07) is 3.80. The maximum Gasteiger partial charge on any atom is 0.306 e. The van der Waals surface area contributed by atoms with Crippen LogP contribution in [0.4, 0.5) is 5.82 Å². The predicted octanol–water partition coefficient (Wildman–Crippen LogP) is 3.35. The van der Waals surface area contributed by atoms with Crippen molar-refractivity contribution in [1.82, 2.24) is 4.98 Å². The number of nitrogens with zero attached hydrogens (tertiary/aromatic N) is 3. The number of Topliss-reactive ketones (excluding diaryl/α,β-unsaturated/α-hetero) is 1. The van der Waals surface area contributed by atoms with E-state index in [1.165, 1.54) is 11.8 Å². The molecular weight excluding hydrogens is 338 g/mol. The van der Waals surface area contributed by atoms with Gasteiger partial charge in [0.25, 0.3) is 0 Å². The molecule has 0 aromatic carbocycles. The quantitative estimate of drug-likeness (QED) is 0.588. The molecule has 1 N–H and O–H groups in total. The lowest BCUT2D eigenvalue weighted by Gasteiger charge is -2.31. The molecule has 0 aliphatic carbocycles. The van der Waals surface area contributed by atoms with Gasteiger partial charge in [-0.3, -0.25) is 9.59 Å². The zero-order chi connectivity index (χ0) is 18.4. The van der Waals surface area contributed by atoms with E-state index in [2.05, 4.69) is 11.1 Å². The first-order chi connectivity index (χ1) is 12.0. The predicted molar refractivity (Wildman–Crippen MR) is 97.2 cm³/mol. The van der Waals surface area contributed by atoms with Crippen molar-refractivity contribution >= 4 is 29.3 Å². The minimum Gasteiger partial charge on any atom is -0.481 e. The van der Waals surface area contributed by atoms with Gasteiger partial charge in [0.1, 0.15) is 16.9 Å². The van der Waals surface area contributed by atoms with Gasteiger partial charge in [0.05, 0.1) is 17.0 Å². The summed E-state index contributed by atoms with van der Waals surface area (Å²) in [6.07, 6.45) is 5.15. The summed E-state index contributed by atoms with van der Waals surface area (Å²) >= 11 is 1.40. The highest BCUT2D eigenvalue weighted by molar-refractivity contribution is 7.98. The van der Waals surface area contributed by atoms with Crippen LogP contribution >= 0.6 is 11.8 Å². The largest absolute Gasteiger partial charge is 0.481 e. The average Bonchev–Trinajstić information content (AvgIpc) is 2.64. The number of unbranched alkanes of at least 4 members (excludes halogenated alkanes) is 1. The Morgan fingerprint density at radius 3 is 2.64 bits per heavy atom. The van der Waals surface area contributed by atoms with Crippen LogP contribution < -0.4 is 4.90 Å². The van der Waals surface area contributed by atoms with Crippen molar-refractivity contribution in [3.8, 4) is 6.07 Å². The van der Waals surface area contributed by atoms with Crippen molar-refractivity contribution in [2.75, 3.05) is 24.2 Å². The van der Waals surface area contributed by atoms with Crippen LogP contribution in [0, 0.1) is 17.2 Å². The van der Waals surface area contributed by atoms with Gasteiger partial charge in [-0.2, -0.15) is 5.26 Å². The molecule has 134 valence electrons. The maximum absolute atomic E-state index is 12.4. The van der Waals surface area contributed by atoms with Crippen LogP contribution in [0.2, 0.25) is 0 Å². The van der Waals surface area contributed by atoms with E-state index in [0.29, 0.717) is 54.3 Å². The Balaban J connectivity index is 2.29. The lowest BCUT2D eigenvalue weighted by atomic mass is 9.96. The number of thioether (sulfide) groups is 1. The highest BCUT2D eigenvalue weighted by atomic mass is 32.2. The van der Waals surface area contributed by atoms with Crippen molar-refractivity contribution in [1.29, 1.82) is 5.26 Å². The fourth-order valence-electron chi connectivity index (χ4n) is 2.98.